The van der Waals surface area contributed by atoms with Gasteiger partial charge in [-0.05, 0) is 31.9 Å². The SMILES string of the molecule is COCC[C@H]1CN(CCOc2ccc(C)cc2C)CCO1. The Morgan fingerprint density at radius 3 is 2.90 bits per heavy atom. The van der Waals surface area contributed by atoms with Crippen molar-refractivity contribution in [3.8, 4) is 5.75 Å². The van der Waals surface area contributed by atoms with E-state index < -0.39 is 0 Å². The molecule has 21 heavy (non-hydrogen) atoms. The topological polar surface area (TPSA) is 30.9 Å². The number of methoxy groups -OCH3 is 1. The summed E-state index contributed by atoms with van der Waals surface area (Å²) in [7, 11) is 1.73. The third kappa shape index (κ3) is 5.30. The molecule has 1 heterocycles. The number of benzene rings is 1. The van der Waals surface area contributed by atoms with Gasteiger partial charge in [-0.15, -0.1) is 0 Å². The van der Waals surface area contributed by atoms with E-state index in [9.17, 15) is 0 Å². The van der Waals surface area contributed by atoms with E-state index in [1.54, 1.807) is 7.11 Å². The summed E-state index contributed by atoms with van der Waals surface area (Å²) in [6.07, 6.45) is 1.25. The van der Waals surface area contributed by atoms with E-state index in [4.69, 9.17) is 14.2 Å². The molecule has 0 saturated carbocycles. The van der Waals surface area contributed by atoms with Crippen molar-refractivity contribution in [3.05, 3.63) is 29.3 Å². The maximum absolute atomic E-state index is 5.90. The predicted octanol–water partition coefficient (Wildman–Crippen LogP) is 2.42. The van der Waals surface area contributed by atoms with Gasteiger partial charge in [0.05, 0.1) is 12.7 Å². The molecule has 0 bridgehead atoms. The Hall–Kier alpha value is -1.10. The Morgan fingerprint density at radius 2 is 2.14 bits per heavy atom. The van der Waals surface area contributed by atoms with Crippen LogP contribution in [-0.2, 0) is 9.47 Å². The zero-order valence-electron chi connectivity index (χ0n) is 13.4. The lowest BCUT2D eigenvalue weighted by atomic mass is 10.1. The van der Waals surface area contributed by atoms with Crippen LogP contribution >= 0.6 is 0 Å². The molecule has 1 atom stereocenters. The molecular weight excluding hydrogens is 266 g/mol. The number of hydrogen-bond acceptors (Lipinski definition) is 4. The summed E-state index contributed by atoms with van der Waals surface area (Å²) in [5.74, 6) is 0.991. The molecule has 0 amide bonds. The molecule has 1 aliphatic heterocycles. The smallest absolute Gasteiger partial charge is 0.122 e. The minimum Gasteiger partial charge on any atom is -0.492 e. The summed E-state index contributed by atoms with van der Waals surface area (Å²) >= 11 is 0. The summed E-state index contributed by atoms with van der Waals surface area (Å²) in [6, 6.07) is 6.31. The Labute approximate surface area is 128 Å². The minimum absolute atomic E-state index is 0.291. The lowest BCUT2D eigenvalue weighted by Crippen LogP contribution is -2.44. The highest BCUT2D eigenvalue weighted by Crippen LogP contribution is 2.18. The first-order valence-corrected chi connectivity index (χ1v) is 7.72. The van der Waals surface area contributed by atoms with Crippen molar-refractivity contribution in [3.63, 3.8) is 0 Å². The Kier molecular flexibility index (Phi) is 6.49. The summed E-state index contributed by atoms with van der Waals surface area (Å²) in [5.41, 5.74) is 2.48. The van der Waals surface area contributed by atoms with E-state index in [2.05, 4.69) is 36.9 Å². The van der Waals surface area contributed by atoms with E-state index in [1.807, 2.05) is 0 Å². The zero-order chi connectivity index (χ0) is 15.1. The second-order valence-electron chi connectivity index (χ2n) is 5.69. The van der Waals surface area contributed by atoms with Gasteiger partial charge in [0, 0.05) is 33.4 Å². The second-order valence-corrected chi connectivity index (χ2v) is 5.69. The van der Waals surface area contributed by atoms with Crippen LogP contribution in [0.15, 0.2) is 18.2 Å². The van der Waals surface area contributed by atoms with Crippen molar-refractivity contribution in [1.82, 2.24) is 4.90 Å². The van der Waals surface area contributed by atoms with Gasteiger partial charge in [-0.1, -0.05) is 17.7 Å². The Bertz CT molecular complexity index is 436. The van der Waals surface area contributed by atoms with Gasteiger partial charge in [-0.3, -0.25) is 4.90 Å². The predicted molar refractivity (Wildman–Crippen MR) is 84.1 cm³/mol. The van der Waals surface area contributed by atoms with Gasteiger partial charge in [0.2, 0.25) is 0 Å². The number of morpholine rings is 1. The van der Waals surface area contributed by atoms with Crippen LogP contribution in [0.2, 0.25) is 0 Å². The number of rotatable bonds is 7. The van der Waals surface area contributed by atoms with Crippen molar-refractivity contribution >= 4 is 0 Å². The van der Waals surface area contributed by atoms with Crippen molar-refractivity contribution in [2.24, 2.45) is 0 Å². The Morgan fingerprint density at radius 1 is 1.29 bits per heavy atom. The summed E-state index contributed by atoms with van der Waals surface area (Å²) in [4.78, 5) is 2.41. The lowest BCUT2D eigenvalue weighted by Gasteiger charge is -2.32. The number of hydrogen-bond donors (Lipinski definition) is 0. The molecule has 0 unspecified atom stereocenters. The molecule has 1 aromatic carbocycles. The van der Waals surface area contributed by atoms with E-state index in [0.717, 1.165) is 51.6 Å². The molecule has 4 heteroatoms. The highest BCUT2D eigenvalue weighted by atomic mass is 16.5. The van der Waals surface area contributed by atoms with Gasteiger partial charge in [0.15, 0.2) is 0 Å². The molecule has 1 saturated heterocycles. The van der Waals surface area contributed by atoms with Crippen LogP contribution < -0.4 is 4.74 Å². The number of aryl methyl sites for hydroxylation is 2. The fourth-order valence-corrected chi connectivity index (χ4v) is 2.65. The highest BCUT2D eigenvalue weighted by molar-refractivity contribution is 5.35. The molecule has 0 radical (unpaired) electrons. The first-order valence-electron chi connectivity index (χ1n) is 7.72. The fourth-order valence-electron chi connectivity index (χ4n) is 2.65. The van der Waals surface area contributed by atoms with Crippen LogP contribution in [0.5, 0.6) is 5.75 Å². The summed E-state index contributed by atoms with van der Waals surface area (Å²) in [6.45, 7) is 9.39. The van der Waals surface area contributed by atoms with Crippen LogP contribution in [0.3, 0.4) is 0 Å². The van der Waals surface area contributed by atoms with Crippen molar-refractivity contribution in [1.29, 1.82) is 0 Å². The highest BCUT2D eigenvalue weighted by Gasteiger charge is 2.19. The molecule has 1 aliphatic rings. The molecule has 118 valence electrons. The van der Waals surface area contributed by atoms with Crippen molar-refractivity contribution in [2.75, 3.05) is 46.6 Å². The largest absolute Gasteiger partial charge is 0.492 e. The maximum atomic E-state index is 5.90. The molecular formula is C17H27NO3. The second kappa shape index (κ2) is 8.37. The maximum Gasteiger partial charge on any atom is 0.122 e. The minimum atomic E-state index is 0.291. The first kappa shape index (κ1) is 16.3. The normalized spacial score (nSPS) is 19.7. The first-order chi connectivity index (χ1) is 10.2. The monoisotopic (exact) mass is 293 g/mol. The van der Waals surface area contributed by atoms with Gasteiger partial charge in [0.1, 0.15) is 12.4 Å². The fraction of sp³-hybridized carbons (Fsp3) is 0.647. The molecule has 1 fully saturated rings. The molecule has 0 aliphatic carbocycles. The van der Waals surface area contributed by atoms with Gasteiger partial charge in [-0.2, -0.15) is 0 Å². The van der Waals surface area contributed by atoms with Gasteiger partial charge in [0.25, 0.3) is 0 Å². The molecule has 0 aromatic heterocycles. The average Bonchev–Trinajstić information content (AvgIpc) is 2.48. The number of nitrogens with zero attached hydrogens (tertiary/aromatic N) is 1. The average molecular weight is 293 g/mol. The molecule has 0 N–H and O–H groups in total. The summed E-state index contributed by atoms with van der Waals surface area (Å²) in [5, 5.41) is 0. The van der Waals surface area contributed by atoms with Crippen molar-refractivity contribution in [2.45, 2.75) is 26.4 Å². The van der Waals surface area contributed by atoms with E-state index >= 15 is 0 Å². The third-order valence-corrected chi connectivity index (χ3v) is 3.86. The van der Waals surface area contributed by atoms with Crippen molar-refractivity contribution < 1.29 is 14.2 Å². The van der Waals surface area contributed by atoms with Crippen LogP contribution in [0.25, 0.3) is 0 Å². The van der Waals surface area contributed by atoms with E-state index in [1.165, 1.54) is 11.1 Å². The molecule has 2 rings (SSSR count). The third-order valence-electron chi connectivity index (χ3n) is 3.86. The van der Waals surface area contributed by atoms with E-state index in [-0.39, 0.29) is 0 Å². The zero-order valence-corrected chi connectivity index (χ0v) is 13.4. The van der Waals surface area contributed by atoms with Crippen LogP contribution in [0.1, 0.15) is 17.5 Å². The summed E-state index contributed by atoms with van der Waals surface area (Å²) < 4.78 is 16.8. The van der Waals surface area contributed by atoms with Gasteiger partial charge < -0.3 is 14.2 Å². The lowest BCUT2D eigenvalue weighted by molar-refractivity contribution is -0.0430. The van der Waals surface area contributed by atoms with Crippen LogP contribution in [0, 0.1) is 13.8 Å². The molecule has 4 nitrogen and oxygen atoms in total. The van der Waals surface area contributed by atoms with Crippen LogP contribution in [-0.4, -0.2) is 57.6 Å². The van der Waals surface area contributed by atoms with Gasteiger partial charge in [-0.25, -0.2) is 0 Å². The quantitative estimate of drug-likeness (QED) is 0.772. The van der Waals surface area contributed by atoms with Gasteiger partial charge >= 0.3 is 0 Å². The van der Waals surface area contributed by atoms with E-state index in [0.29, 0.717) is 6.10 Å². The molecule has 0 spiro atoms. The van der Waals surface area contributed by atoms with Crippen LogP contribution in [0.4, 0.5) is 0 Å². The molecule has 1 aromatic rings. The Balaban J connectivity index is 1.72. The standard InChI is InChI=1S/C17H27NO3/c1-14-4-5-17(15(2)12-14)21-11-8-18-7-10-20-16(13-18)6-9-19-3/h4-5,12,16H,6-11,13H2,1-3H3/t16-/m0/s1. The number of ether oxygens (including phenoxy) is 3.